The van der Waals surface area contributed by atoms with Gasteiger partial charge in [0.05, 0.1) is 0 Å². The molecule has 0 rings (SSSR count). The predicted molar refractivity (Wildman–Crippen MR) is 108 cm³/mol. The van der Waals surface area contributed by atoms with Gasteiger partial charge in [0, 0.05) is 6.42 Å². The number of aliphatic carboxylic acids is 1. The van der Waals surface area contributed by atoms with Gasteiger partial charge in [0.15, 0.2) is 0 Å². The fraction of sp³-hybridized carbons (Fsp3) is 0.409. The lowest BCUT2D eigenvalue weighted by Gasteiger charge is -2.03. The van der Waals surface area contributed by atoms with E-state index in [9.17, 15) is 4.79 Å². The van der Waals surface area contributed by atoms with Gasteiger partial charge in [-0.05, 0) is 38.5 Å². The van der Waals surface area contributed by atoms with Gasteiger partial charge in [0.1, 0.15) is 6.10 Å². The molecule has 144 valence electrons. The molecule has 0 aromatic heterocycles. The second-order valence-corrected chi connectivity index (χ2v) is 5.63. The Morgan fingerprint density at radius 2 is 1.50 bits per heavy atom. The van der Waals surface area contributed by atoms with E-state index in [1.54, 1.807) is 0 Å². The summed E-state index contributed by atoms with van der Waals surface area (Å²) in [7, 11) is 0. The monoisotopic (exact) mass is 360 g/mol. The predicted octanol–water partition coefficient (Wildman–Crippen LogP) is 6.02. The number of allylic oxidation sites excluding steroid dienone is 10. The molecule has 0 amide bonds. The van der Waals surface area contributed by atoms with Crippen LogP contribution in [0.1, 0.15) is 51.9 Å². The summed E-state index contributed by atoms with van der Waals surface area (Å²) in [6.07, 6.45) is 28.7. The quantitative estimate of drug-likeness (QED) is 0.162. The first kappa shape index (κ1) is 23.8. The zero-order valence-electron chi connectivity index (χ0n) is 15.7. The molecule has 4 nitrogen and oxygen atoms in total. The standard InChI is InChI=1S/C22H32O4/c1-2-3-15-18-21(26-25)19-16-13-11-9-7-5-4-6-8-10-12-14-17-20-22(23)24/h3,5-8,11-16,19,21,25H,2,4,9-10,17-18,20H2,1H3,(H,23,24)/b7-5-,8-6-,13-11-,14-12-,15-3-,19-16+. The van der Waals surface area contributed by atoms with Gasteiger partial charge in [0.2, 0.25) is 0 Å². The maximum absolute atomic E-state index is 10.3. The Morgan fingerprint density at radius 3 is 2.08 bits per heavy atom. The molecule has 0 saturated carbocycles. The van der Waals surface area contributed by atoms with Crippen LogP contribution in [0.5, 0.6) is 0 Å². The number of hydrogen-bond donors (Lipinski definition) is 2. The molecule has 4 heteroatoms. The molecule has 0 aliphatic heterocycles. The Hall–Kier alpha value is -2.17. The van der Waals surface area contributed by atoms with Crippen molar-refractivity contribution in [2.45, 2.75) is 58.0 Å². The summed E-state index contributed by atoms with van der Waals surface area (Å²) in [6, 6.07) is 0. The van der Waals surface area contributed by atoms with E-state index in [1.807, 2.05) is 48.6 Å². The maximum Gasteiger partial charge on any atom is 0.303 e. The first-order valence-corrected chi connectivity index (χ1v) is 9.16. The summed E-state index contributed by atoms with van der Waals surface area (Å²) in [6.45, 7) is 2.06. The minimum absolute atomic E-state index is 0.190. The maximum atomic E-state index is 10.3. The van der Waals surface area contributed by atoms with Crippen LogP contribution < -0.4 is 0 Å². The van der Waals surface area contributed by atoms with Gasteiger partial charge >= 0.3 is 5.97 Å². The lowest BCUT2D eigenvalue weighted by molar-refractivity contribution is -0.264. The van der Waals surface area contributed by atoms with Crippen LogP contribution in [0.3, 0.4) is 0 Å². The SMILES string of the molecule is CC/C=C\CC(/C=C/C=C\C/C=C\C/C=C\C/C=C\CCC(=O)O)OO. The van der Waals surface area contributed by atoms with Gasteiger partial charge in [0.25, 0.3) is 0 Å². The van der Waals surface area contributed by atoms with Crippen LogP contribution >= 0.6 is 0 Å². The number of carboxylic acid groups (broad SMARTS) is 1. The molecule has 0 aliphatic rings. The molecule has 0 spiro atoms. The molecule has 2 N–H and O–H groups in total. The third-order valence-electron chi connectivity index (χ3n) is 3.32. The Kier molecular flexibility index (Phi) is 17.6. The summed E-state index contributed by atoms with van der Waals surface area (Å²) in [5, 5.41) is 17.3. The fourth-order valence-corrected chi connectivity index (χ4v) is 1.94. The van der Waals surface area contributed by atoms with E-state index in [0.717, 1.165) is 25.7 Å². The van der Waals surface area contributed by atoms with Crippen LogP contribution in [0.4, 0.5) is 0 Å². The average Bonchev–Trinajstić information content (AvgIpc) is 2.63. The van der Waals surface area contributed by atoms with E-state index >= 15 is 0 Å². The highest BCUT2D eigenvalue weighted by molar-refractivity contribution is 5.66. The van der Waals surface area contributed by atoms with Crippen molar-refractivity contribution in [2.24, 2.45) is 0 Å². The lowest BCUT2D eigenvalue weighted by Crippen LogP contribution is -2.04. The van der Waals surface area contributed by atoms with E-state index in [2.05, 4.69) is 36.1 Å². The second-order valence-electron chi connectivity index (χ2n) is 5.63. The average molecular weight is 360 g/mol. The Bertz CT molecular complexity index is 510. The molecule has 0 aromatic carbocycles. The summed E-state index contributed by atoms with van der Waals surface area (Å²) in [5.41, 5.74) is 0. The molecule has 0 bridgehead atoms. The van der Waals surface area contributed by atoms with Gasteiger partial charge in [-0.2, -0.15) is 0 Å². The van der Waals surface area contributed by atoms with Gasteiger partial charge in [-0.15, -0.1) is 0 Å². The number of carboxylic acids is 1. The Morgan fingerprint density at radius 1 is 0.885 bits per heavy atom. The topological polar surface area (TPSA) is 66.8 Å². The van der Waals surface area contributed by atoms with Gasteiger partial charge in [-0.25, -0.2) is 4.89 Å². The Labute approximate surface area is 157 Å². The molecular formula is C22H32O4. The molecule has 0 aliphatic carbocycles. The zero-order chi connectivity index (χ0) is 19.3. The highest BCUT2D eigenvalue weighted by Crippen LogP contribution is 2.02. The Balaban J connectivity index is 3.77. The van der Waals surface area contributed by atoms with E-state index in [4.69, 9.17) is 10.4 Å². The van der Waals surface area contributed by atoms with Gasteiger partial charge < -0.3 is 5.11 Å². The van der Waals surface area contributed by atoms with Crippen molar-refractivity contribution in [3.05, 3.63) is 72.9 Å². The molecular weight excluding hydrogens is 328 g/mol. The van der Waals surface area contributed by atoms with E-state index < -0.39 is 5.97 Å². The van der Waals surface area contributed by atoms with E-state index in [0.29, 0.717) is 12.8 Å². The molecule has 0 fully saturated rings. The van der Waals surface area contributed by atoms with Crippen LogP contribution in [0.25, 0.3) is 0 Å². The molecule has 1 atom stereocenters. The zero-order valence-corrected chi connectivity index (χ0v) is 15.7. The lowest BCUT2D eigenvalue weighted by atomic mass is 10.2. The highest BCUT2D eigenvalue weighted by Gasteiger charge is 1.99. The second kappa shape index (κ2) is 19.2. The summed E-state index contributed by atoms with van der Waals surface area (Å²) in [4.78, 5) is 14.7. The third kappa shape index (κ3) is 18.2. The molecule has 0 aromatic rings. The van der Waals surface area contributed by atoms with E-state index in [-0.39, 0.29) is 12.5 Å². The van der Waals surface area contributed by atoms with Crippen LogP contribution in [-0.2, 0) is 9.68 Å². The summed E-state index contributed by atoms with van der Waals surface area (Å²) in [5.74, 6) is -0.759. The molecule has 0 heterocycles. The molecule has 1 unspecified atom stereocenters. The van der Waals surface area contributed by atoms with Crippen molar-refractivity contribution in [2.75, 3.05) is 0 Å². The van der Waals surface area contributed by atoms with Gasteiger partial charge in [-0.1, -0.05) is 79.8 Å². The fourth-order valence-electron chi connectivity index (χ4n) is 1.94. The molecule has 0 radical (unpaired) electrons. The number of hydrogen-bond acceptors (Lipinski definition) is 3. The van der Waals surface area contributed by atoms with Crippen LogP contribution in [0.2, 0.25) is 0 Å². The van der Waals surface area contributed by atoms with E-state index in [1.165, 1.54) is 0 Å². The van der Waals surface area contributed by atoms with Crippen molar-refractivity contribution >= 4 is 5.97 Å². The smallest absolute Gasteiger partial charge is 0.303 e. The van der Waals surface area contributed by atoms with Crippen molar-refractivity contribution < 1.29 is 20.0 Å². The van der Waals surface area contributed by atoms with Crippen LogP contribution in [-0.4, -0.2) is 22.4 Å². The van der Waals surface area contributed by atoms with Crippen LogP contribution in [0, 0.1) is 0 Å². The molecule has 0 saturated heterocycles. The van der Waals surface area contributed by atoms with Crippen LogP contribution in [0.15, 0.2) is 72.9 Å². The first-order valence-electron chi connectivity index (χ1n) is 9.16. The normalized spacial score (nSPS) is 14.2. The summed E-state index contributed by atoms with van der Waals surface area (Å²) < 4.78 is 0. The molecule has 26 heavy (non-hydrogen) atoms. The van der Waals surface area contributed by atoms with Gasteiger partial charge in [-0.3, -0.25) is 10.1 Å². The minimum atomic E-state index is -0.759. The minimum Gasteiger partial charge on any atom is -0.481 e. The number of rotatable bonds is 15. The highest BCUT2D eigenvalue weighted by atomic mass is 17.1. The van der Waals surface area contributed by atoms with Crippen molar-refractivity contribution in [3.8, 4) is 0 Å². The third-order valence-corrected chi connectivity index (χ3v) is 3.32. The number of carbonyl (C=O) groups is 1. The summed E-state index contributed by atoms with van der Waals surface area (Å²) >= 11 is 0. The first-order chi connectivity index (χ1) is 12.7. The van der Waals surface area contributed by atoms with Crippen molar-refractivity contribution in [1.29, 1.82) is 0 Å². The largest absolute Gasteiger partial charge is 0.481 e. The van der Waals surface area contributed by atoms with Crippen molar-refractivity contribution in [1.82, 2.24) is 0 Å². The van der Waals surface area contributed by atoms with Crippen molar-refractivity contribution in [3.63, 3.8) is 0 Å².